The van der Waals surface area contributed by atoms with E-state index in [9.17, 15) is 13.2 Å². The average Bonchev–Trinajstić information content (AvgIpc) is 2.98. The highest BCUT2D eigenvalue weighted by Gasteiger charge is 2.22. The zero-order chi connectivity index (χ0) is 20.9. The van der Waals surface area contributed by atoms with Crippen LogP contribution in [0.5, 0.6) is 5.75 Å². The minimum absolute atomic E-state index is 0.00768. The molecule has 0 fully saturated rings. The van der Waals surface area contributed by atoms with Crippen LogP contribution in [0, 0.1) is 0 Å². The lowest BCUT2D eigenvalue weighted by molar-refractivity contribution is -0.114. The second-order valence-corrected chi connectivity index (χ2v) is 11.2. The lowest BCUT2D eigenvalue weighted by atomic mass is 10.3. The molecule has 0 atom stereocenters. The molecule has 0 bridgehead atoms. The summed E-state index contributed by atoms with van der Waals surface area (Å²) >= 11 is 2.79. The van der Waals surface area contributed by atoms with Crippen molar-refractivity contribution in [3.05, 3.63) is 24.3 Å². The van der Waals surface area contributed by atoms with Crippen LogP contribution in [-0.4, -0.2) is 48.7 Å². The van der Waals surface area contributed by atoms with E-state index in [0.29, 0.717) is 21.8 Å². The average molecular weight is 445 g/mol. The van der Waals surface area contributed by atoms with Gasteiger partial charge >= 0.3 is 0 Å². The zero-order valence-electron chi connectivity index (χ0n) is 16.4. The summed E-state index contributed by atoms with van der Waals surface area (Å²) in [5, 5.41) is 11.2. The number of anilines is 2. The molecule has 0 saturated heterocycles. The van der Waals surface area contributed by atoms with E-state index in [1.165, 1.54) is 11.3 Å². The molecule has 2 aromatic rings. The maximum absolute atomic E-state index is 12.4. The van der Waals surface area contributed by atoms with Crippen LogP contribution in [0.25, 0.3) is 0 Å². The predicted molar refractivity (Wildman–Crippen MR) is 114 cm³/mol. The second kappa shape index (κ2) is 9.57. The number of rotatable bonds is 9. The first kappa shape index (κ1) is 22.4. The van der Waals surface area contributed by atoms with Gasteiger partial charge in [-0.3, -0.25) is 14.4 Å². The molecule has 154 valence electrons. The zero-order valence-corrected chi connectivity index (χ0v) is 18.8. The Labute approximate surface area is 173 Å². The van der Waals surface area contributed by atoms with Gasteiger partial charge in [-0.25, -0.2) is 8.42 Å². The second-order valence-electron chi connectivity index (χ2n) is 6.52. The molecule has 8 nitrogen and oxygen atoms in total. The van der Waals surface area contributed by atoms with Gasteiger partial charge in [0.05, 0.1) is 18.0 Å². The van der Waals surface area contributed by atoms with Gasteiger partial charge in [-0.1, -0.05) is 36.9 Å². The Morgan fingerprint density at radius 2 is 1.86 bits per heavy atom. The standard InChI is InChI=1S/C17H24N4O4S3/c1-11(2)25-14-8-6-13(7-9-14)21(28(5,23)24)10-15(22)18-16-19-20-17(27-16)26-12(3)4/h6-9,11-12H,10H2,1-5H3,(H,18,19,22). The molecule has 0 spiro atoms. The van der Waals surface area contributed by atoms with E-state index >= 15 is 0 Å². The summed E-state index contributed by atoms with van der Waals surface area (Å²) in [7, 11) is -3.66. The quantitative estimate of drug-likeness (QED) is 0.468. The summed E-state index contributed by atoms with van der Waals surface area (Å²) in [6.07, 6.45) is 1.06. The number of aromatic nitrogens is 2. The van der Waals surface area contributed by atoms with Crippen LogP contribution in [0.15, 0.2) is 28.6 Å². The Hall–Kier alpha value is -1.85. The Morgan fingerprint density at radius 1 is 1.21 bits per heavy atom. The number of nitrogens with zero attached hydrogens (tertiary/aromatic N) is 3. The number of nitrogens with one attached hydrogen (secondary N) is 1. The molecule has 0 radical (unpaired) electrons. The third kappa shape index (κ3) is 6.95. The summed E-state index contributed by atoms with van der Waals surface area (Å²) in [6, 6.07) is 6.56. The maximum atomic E-state index is 12.4. The molecular formula is C17H24N4O4S3. The summed E-state index contributed by atoms with van der Waals surface area (Å²) < 4.78 is 31.7. The molecule has 28 heavy (non-hydrogen) atoms. The van der Waals surface area contributed by atoms with Crippen LogP contribution in [0.4, 0.5) is 10.8 Å². The first-order valence-electron chi connectivity index (χ1n) is 8.59. The third-order valence-electron chi connectivity index (χ3n) is 3.17. The molecule has 1 heterocycles. The fourth-order valence-corrected chi connectivity index (χ4v) is 5.01. The number of benzene rings is 1. The molecule has 0 aliphatic heterocycles. The number of hydrogen-bond donors (Lipinski definition) is 1. The molecule has 1 N–H and O–H groups in total. The Kier molecular flexibility index (Phi) is 7.67. The number of amides is 1. The first-order valence-corrected chi connectivity index (χ1v) is 12.1. The van der Waals surface area contributed by atoms with Crippen LogP contribution in [0.3, 0.4) is 0 Å². The van der Waals surface area contributed by atoms with E-state index < -0.39 is 15.9 Å². The smallest absolute Gasteiger partial charge is 0.246 e. The SMILES string of the molecule is CC(C)Oc1ccc(N(CC(=O)Nc2nnc(SC(C)C)s2)S(C)(=O)=O)cc1. The summed E-state index contributed by atoms with van der Waals surface area (Å²) in [5.41, 5.74) is 0.377. The topological polar surface area (TPSA) is 101 Å². The number of sulfonamides is 1. The van der Waals surface area contributed by atoms with Crippen molar-refractivity contribution in [2.75, 3.05) is 22.4 Å². The number of carbonyl (C=O) groups is 1. The Bertz CT molecular complexity index is 895. The van der Waals surface area contributed by atoms with Gasteiger partial charge in [0.1, 0.15) is 12.3 Å². The van der Waals surface area contributed by atoms with Crippen molar-refractivity contribution in [1.82, 2.24) is 10.2 Å². The van der Waals surface area contributed by atoms with Crippen LogP contribution in [0.2, 0.25) is 0 Å². The summed E-state index contributed by atoms with van der Waals surface area (Å²) in [6.45, 7) is 7.51. The van der Waals surface area contributed by atoms with Crippen LogP contribution in [-0.2, 0) is 14.8 Å². The molecule has 1 aromatic heterocycles. The number of hydrogen-bond acceptors (Lipinski definition) is 8. The van der Waals surface area contributed by atoms with E-state index in [-0.39, 0.29) is 12.6 Å². The van der Waals surface area contributed by atoms with Crippen LogP contribution >= 0.6 is 23.1 Å². The summed E-state index contributed by atoms with van der Waals surface area (Å²) in [5.74, 6) is 0.130. The van der Waals surface area contributed by atoms with Crippen molar-refractivity contribution in [1.29, 1.82) is 0 Å². The number of ether oxygens (including phenoxy) is 1. The highest BCUT2D eigenvalue weighted by Crippen LogP contribution is 2.28. The molecule has 0 aliphatic carbocycles. The fourth-order valence-electron chi connectivity index (χ4n) is 2.16. The molecule has 0 saturated carbocycles. The van der Waals surface area contributed by atoms with Crippen molar-refractivity contribution >= 4 is 49.8 Å². The molecule has 0 aliphatic rings. The lowest BCUT2D eigenvalue weighted by Gasteiger charge is -2.22. The Morgan fingerprint density at radius 3 is 2.39 bits per heavy atom. The van der Waals surface area contributed by atoms with Gasteiger partial charge in [0.15, 0.2) is 4.34 Å². The van der Waals surface area contributed by atoms with Crippen molar-refractivity contribution in [2.45, 2.75) is 43.4 Å². The van der Waals surface area contributed by atoms with E-state index in [1.807, 2.05) is 27.7 Å². The van der Waals surface area contributed by atoms with Gasteiger partial charge in [0.2, 0.25) is 21.1 Å². The largest absolute Gasteiger partial charge is 0.491 e. The van der Waals surface area contributed by atoms with Gasteiger partial charge in [0, 0.05) is 5.25 Å². The molecule has 1 aromatic carbocycles. The van der Waals surface area contributed by atoms with E-state index in [1.54, 1.807) is 36.0 Å². The van der Waals surface area contributed by atoms with Crippen molar-refractivity contribution in [3.8, 4) is 5.75 Å². The van der Waals surface area contributed by atoms with Gasteiger partial charge in [-0.05, 0) is 38.1 Å². The van der Waals surface area contributed by atoms with Gasteiger partial charge in [-0.15, -0.1) is 10.2 Å². The van der Waals surface area contributed by atoms with Gasteiger partial charge in [0.25, 0.3) is 0 Å². The molecule has 2 rings (SSSR count). The van der Waals surface area contributed by atoms with Crippen LogP contribution < -0.4 is 14.4 Å². The summed E-state index contributed by atoms with van der Waals surface area (Å²) in [4.78, 5) is 12.4. The molecule has 1 amide bonds. The first-order chi connectivity index (χ1) is 13.0. The van der Waals surface area contributed by atoms with Crippen molar-refractivity contribution < 1.29 is 17.9 Å². The molecule has 0 unspecified atom stereocenters. The number of carbonyl (C=O) groups excluding carboxylic acids is 1. The normalized spacial score (nSPS) is 11.7. The predicted octanol–water partition coefficient (Wildman–Crippen LogP) is 3.23. The van der Waals surface area contributed by atoms with Gasteiger partial charge in [-0.2, -0.15) is 0 Å². The fraction of sp³-hybridized carbons (Fsp3) is 0.471. The lowest BCUT2D eigenvalue weighted by Crippen LogP contribution is -2.37. The highest BCUT2D eigenvalue weighted by atomic mass is 32.2. The van der Waals surface area contributed by atoms with Crippen molar-refractivity contribution in [3.63, 3.8) is 0 Å². The highest BCUT2D eigenvalue weighted by molar-refractivity contribution is 8.01. The third-order valence-corrected chi connectivity index (χ3v) is 6.24. The number of thioether (sulfide) groups is 1. The maximum Gasteiger partial charge on any atom is 0.246 e. The van der Waals surface area contributed by atoms with Gasteiger partial charge < -0.3 is 4.74 Å². The minimum atomic E-state index is -3.66. The van der Waals surface area contributed by atoms with E-state index in [0.717, 1.165) is 14.9 Å². The van der Waals surface area contributed by atoms with Crippen molar-refractivity contribution in [2.24, 2.45) is 0 Å². The van der Waals surface area contributed by atoms with E-state index in [4.69, 9.17) is 4.74 Å². The Balaban J connectivity index is 2.09. The minimum Gasteiger partial charge on any atom is -0.491 e. The molecule has 11 heteroatoms. The van der Waals surface area contributed by atoms with E-state index in [2.05, 4.69) is 15.5 Å². The monoisotopic (exact) mass is 444 g/mol. The van der Waals surface area contributed by atoms with Crippen LogP contribution in [0.1, 0.15) is 27.7 Å². The molecular weight excluding hydrogens is 420 g/mol.